The Bertz CT molecular complexity index is 195. The van der Waals surface area contributed by atoms with E-state index in [0.717, 1.165) is 6.42 Å². The average molecular weight is 231 g/mol. The van der Waals surface area contributed by atoms with E-state index in [-0.39, 0.29) is 18.1 Å². The number of carbonyl (C=O) groups excluding carboxylic acids is 1. The van der Waals surface area contributed by atoms with Gasteiger partial charge in [0.25, 0.3) is 0 Å². The molecular formula is C12H25NO3. The van der Waals surface area contributed by atoms with Crippen molar-refractivity contribution < 1.29 is 14.3 Å². The molecule has 0 spiro atoms. The Morgan fingerprint density at radius 2 is 1.88 bits per heavy atom. The predicted octanol–water partition coefficient (Wildman–Crippen LogP) is 1.79. The van der Waals surface area contributed by atoms with Crippen LogP contribution in [-0.2, 0) is 14.3 Å². The zero-order valence-corrected chi connectivity index (χ0v) is 11.1. The van der Waals surface area contributed by atoms with Gasteiger partial charge in [-0.05, 0) is 19.3 Å². The van der Waals surface area contributed by atoms with Gasteiger partial charge in [-0.15, -0.1) is 0 Å². The monoisotopic (exact) mass is 231 g/mol. The molecule has 0 radical (unpaired) electrons. The molecule has 2 unspecified atom stereocenters. The van der Waals surface area contributed by atoms with Crippen LogP contribution in [0, 0.1) is 11.8 Å². The van der Waals surface area contributed by atoms with Crippen LogP contribution in [0.4, 0.5) is 0 Å². The Hall–Kier alpha value is -0.610. The molecule has 0 aliphatic carbocycles. The molecule has 0 bridgehead atoms. The molecule has 0 heterocycles. The molecule has 0 fully saturated rings. The Kier molecular flexibility index (Phi) is 8.21. The van der Waals surface area contributed by atoms with Gasteiger partial charge in [-0.1, -0.05) is 20.8 Å². The minimum atomic E-state index is -0.142. The molecule has 4 heteroatoms. The van der Waals surface area contributed by atoms with Crippen LogP contribution in [0.2, 0.25) is 0 Å². The summed E-state index contributed by atoms with van der Waals surface area (Å²) in [5.41, 5.74) is 0. The number of carbonyl (C=O) groups is 1. The van der Waals surface area contributed by atoms with E-state index in [1.807, 2.05) is 13.8 Å². The lowest BCUT2D eigenvalue weighted by Crippen LogP contribution is -2.34. The lowest BCUT2D eigenvalue weighted by Gasteiger charge is -2.16. The Morgan fingerprint density at radius 1 is 1.25 bits per heavy atom. The summed E-state index contributed by atoms with van der Waals surface area (Å²) in [4.78, 5) is 11.5. The van der Waals surface area contributed by atoms with Gasteiger partial charge in [-0.25, -0.2) is 0 Å². The van der Waals surface area contributed by atoms with Gasteiger partial charge in [-0.3, -0.25) is 10.1 Å². The third-order valence-corrected chi connectivity index (χ3v) is 2.41. The van der Waals surface area contributed by atoms with Crippen molar-refractivity contribution in [3.63, 3.8) is 0 Å². The Morgan fingerprint density at radius 3 is 2.38 bits per heavy atom. The summed E-state index contributed by atoms with van der Waals surface area (Å²) in [7, 11) is 1.63. The molecule has 0 aromatic heterocycles. The first kappa shape index (κ1) is 15.4. The van der Waals surface area contributed by atoms with E-state index in [4.69, 9.17) is 9.47 Å². The van der Waals surface area contributed by atoms with Crippen LogP contribution in [0.3, 0.4) is 0 Å². The van der Waals surface area contributed by atoms with Crippen LogP contribution in [0.25, 0.3) is 0 Å². The minimum Gasteiger partial charge on any atom is -0.465 e. The summed E-state index contributed by atoms with van der Waals surface area (Å²) in [6.45, 7) is 9.07. The van der Waals surface area contributed by atoms with Crippen LogP contribution < -0.4 is 5.32 Å². The first-order valence-corrected chi connectivity index (χ1v) is 5.90. The predicted molar refractivity (Wildman–Crippen MR) is 64.1 cm³/mol. The van der Waals surface area contributed by atoms with Gasteiger partial charge >= 0.3 is 5.97 Å². The second-order valence-corrected chi connectivity index (χ2v) is 4.54. The van der Waals surface area contributed by atoms with Gasteiger partial charge in [0.1, 0.15) is 6.23 Å². The van der Waals surface area contributed by atoms with Crippen molar-refractivity contribution in [3.05, 3.63) is 0 Å². The summed E-state index contributed by atoms with van der Waals surface area (Å²) >= 11 is 0. The highest BCUT2D eigenvalue weighted by Gasteiger charge is 2.15. The molecule has 4 nitrogen and oxygen atoms in total. The summed E-state index contributed by atoms with van der Waals surface area (Å²) in [5.74, 6) is 0.288. The molecule has 0 aromatic carbocycles. The zero-order chi connectivity index (χ0) is 12.6. The van der Waals surface area contributed by atoms with E-state index >= 15 is 0 Å². The van der Waals surface area contributed by atoms with E-state index < -0.39 is 0 Å². The van der Waals surface area contributed by atoms with E-state index in [9.17, 15) is 4.79 Å². The van der Waals surface area contributed by atoms with Crippen molar-refractivity contribution in [3.8, 4) is 0 Å². The van der Waals surface area contributed by atoms with E-state index in [0.29, 0.717) is 19.1 Å². The fraction of sp³-hybridized carbons (Fsp3) is 0.917. The van der Waals surface area contributed by atoms with Crippen LogP contribution in [0.5, 0.6) is 0 Å². The number of nitrogens with one attached hydrogen (secondary N) is 1. The van der Waals surface area contributed by atoms with Gasteiger partial charge in [0.15, 0.2) is 0 Å². The third-order valence-electron chi connectivity index (χ3n) is 2.41. The van der Waals surface area contributed by atoms with E-state index in [1.54, 1.807) is 7.11 Å². The molecule has 0 saturated carbocycles. The normalized spacial score (nSPS) is 14.9. The maximum Gasteiger partial charge on any atom is 0.309 e. The smallest absolute Gasteiger partial charge is 0.309 e. The molecule has 1 N–H and O–H groups in total. The molecule has 0 amide bonds. The summed E-state index contributed by atoms with van der Waals surface area (Å²) < 4.78 is 10.2. The highest BCUT2D eigenvalue weighted by atomic mass is 16.5. The second kappa shape index (κ2) is 8.53. The van der Waals surface area contributed by atoms with Gasteiger partial charge < -0.3 is 9.47 Å². The number of ether oxygens (including phenoxy) is 2. The quantitative estimate of drug-likeness (QED) is 0.511. The van der Waals surface area contributed by atoms with Crippen LogP contribution in [-0.4, -0.2) is 32.5 Å². The SMILES string of the molecule is COC(C)NCC(C)C(=O)OCCC(C)C. The van der Waals surface area contributed by atoms with E-state index in [2.05, 4.69) is 19.2 Å². The van der Waals surface area contributed by atoms with Crippen molar-refractivity contribution in [2.45, 2.75) is 40.3 Å². The molecule has 0 saturated heterocycles. The molecule has 0 rings (SSSR count). The van der Waals surface area contributed by atoms with Crippen molar-refractivity contribution in [2.75, 3.05) is 20.3 Å². The number of hydrogen-bond donors (Lipinski definition) is 1. The first-order chi connectivity index (χ1) is 7.47. The zero-order valence-electron chi connectivity index (χ0n) is 11.1. The van der Waals surface area contributed by atoms with Crippen LogP contribution >= 0.6 is 0 Å². The molecule has 96 valence electrons. The molecule has 0 aromatic rings. The number of esters is 1. The lowest BCUT2D eigenvalue weighted by atomic mass is 10.1. The van der Waals surface area contributed by atoms with Crippen LogP contribution in [0.1, 0.15) is 34.1 Å². The summed E-state index contributed by atoms with van der Waals surface area (Å²) in [5, 5.41) is 3.09. The van der Waals surface area contributed by atoms with E-state index in [1.165, 1.54) is 0 Å². The van der Waals surface area contributed by atoms with Gasteiger partial charge in [0.2, 0.25) is 0 Å². The molecular weight excluding hydrogens is 206 g/mol. The number of methoxy groups -OCH3 is 1. The highest BCUT2D eigenvalue weighted by molar-refractivity contribution is 5.72. The summed E-state index contributed by atoms with van der Waals surface area (Å²) in [6, 6.07) is 0. The summed E-state index contributed by atoms with van der Waals surface area (Å²) in [6.07, 6.45) is 0.881. The van der Waals surface area contributed by atoms with Gasteiger partial charge in [-0.2, -0.15) is 0 Å². The fourth-order valence-electron chi connectivity index (χ4n) is 1.05. The third kappa shape index (κ3) is 7.65. The van der Waals surface area contributed by atoms with Gasteiger partial charge in [0, 0.05) is 13.7 Å². The topological polar surface area (TPSA) is 47.6 Å². The Balaban J connectivity index is 3.65. The molecule has 2 atom stereocenters. The maximum absolute atomic E-state index is 11.5. The average Bonchev–Trinajstić information content (AvgIpc) is 2.24. The molecule has 0 aliphatic heterocycles. The number of rotatable bonds is 8. The molecule has 16 heavy (non-hydrogen) atoms. The van der Waals surface area contributed by atoms with Crippen molar-refractivity contribution in [1.29, 1.82) is 0 Å². The Labute approximate surface area is 98.7 Å². The van der Waals surface area contributed by atoms with Crippen LogP contribution in [0.15, 0.2) is 0 Å². The van der Waals surface area contributed by atoms with Crippen molar-refractivity contribution >= 4 is 5.97 Å². The van der Waals surface area contributed by atoms with Gasteiger partial charge in [0.05, 0.1) is 12.5 Å². The maximum atomic E-state index is 11.5. The minimum absolute atomic E-state index is 0.0362. The highest BCUT2D eigenvalue weighted by Crippen LogP contribution is 2.03. The second-order valence-electron chi connectivity index (χ2n) is 4.54. The van der Waals surface area contributed by atoms with Crippen molar-refractivity contribution in [1.82, 2.24) is 5.32 Å². The lowest BCUT2D eigenvalue weighted by molar-refractivity contribution is -0.148. The first-order valence-electron chi connectivity index (χ1n) is 5.90. The standard InChI is InChI=1S/C12H25NO3/c1-9(2)6-7-16-12(14)10(3)8-13-11(4)15-5/h9-11,13H,6-8H2,1-5H3. The molecule has 0 aliphatic rings. The fourth-order valence-corrected chi connectivity index (χ4v) is 1.05. The number of hydrogen-bond acceptors (Lipinski definition) is 4. The van der Waals surface area contributed by atoms with Crippen molar-refractivity contribution in [2.24, 2.45) is 11.8 Å². The largest absolute Gasteiger partial charge is 0.465 e.